The van der Waals surface area contributed by atoms with E-state index in [9.17, 15) is 9.59 Å². The highest BCUT2D eigenvalue weighted by Gasteiger charge is 2.21. The average molecular weight is 265 g/mol. The lowest BCUT2D eigenvalue weighted by Crippen LogP contribution is -2.40. The topological polar surface area (TPSA) is 75.6 Å². The Bertz CT molecular complexity index is 441. The molecule has 0 spiro atoms. The number of ether oxygens (including phenoxy) is 1. The van der Waals surface area contributed by atoms with Crippen molar-refractivity contribution in [3.8, 4) is 0 Å². The highest BCUT2D eigenvalue weighted by atomic mass is 16.5. The Labute approximate surface area is 112 Å². The van der Waals surface area contributed by atoms with E-state index in [1.165, 1.54) is 0 Å². The van der Waals surface area contributed by atoms with Gasteiger partial charge in [-0.25, -0.2) is 0 Å². The number of nitrogens with one attached hydrogen (secondary N) is 1. The van der Waals surface area contributed by atoms with E-state index in [-0.39, 0.29) is 5.91 Å². The van der Waals surface area contributed by atoms with Gasteiger partial charge in [0.05, 0.1) is 12.5 Å². The lowest BCUT2D eigenvalue weighted by molar-refractivity contribution is -0.141. The zero-order chi connectivity index (χ0) is 14.4. The first-order chi connectivity index (χ1) is 8.95. The Morgan fingerprint density at radius 3 is 2.32 bits per heavy atom. The molecule has 1 rings (SSSR count). The third-order valence-electron chi connectivity index (χ3n) is 3.03. The molecule has 2 unspecified atom stereocenters. The molecule has 0 aliphatic rings. The van der Waals surface area contributed by atoms with Gasteiger partial charge in [-0.05, 0) is 31.5 Å². The average Bonchev–Trinajstić information content (AvgIpc) is 2.38. The van der Waals surface area contributed by atoms with Crippen LogP contribution < -0.4 is 5.32 Å². The second-order valence-corrected chi connectivity index (χ2v) is 4.52. The Morgan fingerprint density at radius 2 is 1.84 bits per heavy atom. The van der Waals surface area contributed by atoms with Crippen molar-refractivity contribution in [2.24, 2.45) is 5.92 Å². The van der Waals surface area contributed by atoms with Gasteiger partial charge in [0.2, 0.25) is 0 Å². The molecular weight excluding hydrogens is 246 g/mol. The number of carbonyl (C=O) groups is 2. The lowest BCUT2D eigenvalue weighted by atomic mass is 10.0. The molecule has 104 valence electrons. The molecule has 5 heteroatoms. The van der Waals surface area contributed by atoms with Gasteiger partial charge in [0, 0.05) is 18.7 Å². The van der Waals surface area contributed by atoms with Gasteiger partial charge in [-0.3, -0.25) is 9.59 Å². The number of methoxy groups -OCH3 is 1. The molecule has 0 bridgehead atoms. The molecule has 1 aromatic carbocycles. The van der Waals surface area contributed by atoms with Crippen molar-refractivity contribution in [3.05, 3.63) is 35.4 Å². The second kappa shape index (κ2) is 6.89. The normalized spacial score (nSPS) is 13.6. The van der Waals surface area contributed by atoms with Crippen LogP contribution in [0.5, 0.6) is 0 Å². The van der Waals surface area contributed by atoms with E-state index in [2.05, 4.69) is 5.32 Å². The van der Waals surface area contributed by atoms with Gasteiger partial charge in [0.25, 0.3) is 5.91 Å². The molecular formula is C14H19NO4. The van der Waals surface area contributed by atoms with Crippen LogP contribution in [-0.2, 0) is 16.1 Å². The smallest absolute Gasteiger partial charge is 0.308 e. The van der Waals surface area contributed by atoms with Crippen LogP contribution in [0.15, 0.2) is 24.3 Å². The number of aliphatic carboxylic acids is 1. The minimum absolute atomic E-state index is 0.274. The van der Waals surface area contributed by atoms with E-state index in [0.717, 1.165) is 5.56 Å². The fraction of sp³-hybridized carbons (Fsp3) is 0.429. The van der Waals surface area contributed by atoms with Crippen molar-refractivity contribution >= 4 is 11.9 Å². The lowest BCUT2D eigenvalue weighted by Gasteiger charge is -2.17. The van der Waals surface area contributed by atoms with Gasteiger partial charge in [-0.2, -0.15) is 0 Å². The van der Waals surface area contributed by atoms with Crippen LogP contribution in [0.3, 0.4) is 0 Å². The molecule has 5 nitrogen and oxygen atoms in total. The Kier molecular flexibility index (Phi) is 5.51. The number of hydrogen-bond acceptors (Lipinski definition) is 3. The first-order valence-electron chi connectivity index (χ1n) is 6.07. The summed E-state index contributed by atoms with van der Waals surface area (Å²) in [5.74, 6) is -1.83. The third kappa shape index (κ3) is 4.37. The van der Waals surface area contributed by atoms with Crippen LogP contribution in [0.1, 0.15) is 29.8 Å². The molecule has 0 saturated carbocycles. The number of amides is 1. The predicted octanol–water partition coefficient (Wildman–Crippen LogP) is 1.67. The Balaban J connectivity index is 2.65. The molecule has 1 aromatic rings. The summed E-state index contributed by atoms with van der Waals surface area (Å²) in [5, 5.41) is 11.5. The molecule has 0 saturated heterocycles. The summed E-state index contributed by atoms with van der Waals surface area (Å²) in [4.78, 5) is 22.7. The van der Waals surface area contributed by atoms with E-state index < -0.39 is 17.9 Å². The number of carboxylic acids is 1. The zero-order valence-corrected chi connectivity index (χ0v) is 11.3. The van der Waals surface area contributed by atoms with Crippen LogP contribution in [0.4, 0.5) is 0 Å². The number of rotatable bonds is 6. The van der Waals surface area contributed by atoms with Crippen molar-refractivity contribution in [3.63, 3.8) is 0 Å². The minimum Gasteiger partial charge on any atom is -0.481 e. The summed E-state index contributed by atoms with van der Waals surface area (Å²) >= 11 is 0. The standard InChI is InChI=1S/C14H19NO4/c1-9(14(17)18)10(2)15-13(16)12-6-4-11(5-7-12)8-19-3/h4-7,9-10H,8H2,1-3H3,(H,15,16)(H,17,18). The van der Waals surface area contributed by atoms with Crippen LogP contribution in [0.25, 0.3) is 0 Å². The number of hydrogen-bond donors (Lipinski definition) is 2. The van der Waals surface area contributed by atoms with E-state index in [1.807, 2.05) is 12.1 Å². The Hall–Kier alpha value is -1.88. The second-order valence-electron chi connectivity index (χ2n) is 4.52. The highest BCUT2D eigenvalue weighted by molar-refractivity contribution is 5.94. The number of carboxylic acid groups (broad SMARTS) is 1. The molecule has 0 aliphatic heterocycles. The van der Waals surface area contributed by atoms with E-state index in [0.29, 0.717) is 12.2 Å². The first kappa shape index (κ1) is 15.2. The van der Waals surface area contributed by atoms with Crippen molar-refractivity contribution in [1.29, 1.82) is 0 Å². The molecule has 0 aromatic heterocycles. The molecule has 0 aliphatic carbocycles. The van der Waals surface area contributed by atoms with Gasteiger partial charge in [0.15, 0.2) is 0 Å². The summed E-state index contributed by atoms with van der Waals surface area (Å²) in [6.07, 6.45) is 0. The van der Waals surface area contributed by atoms with Crippen molar-refractivity contribution < 1.29 is 19.4 Å². The van der Waals surface area contributed by atoms with Crippen LogP contribution >= 0.6 is 0 Å². The number of benzene rings is 1. The Morgan fingerprint density at radius 1 is 1.26 bits per heavy atom. The van der Waals surface area contributed by atoms with E-state index in [4.69, 9.17) is 9.84 Å². The van der Waals surface area contributed by atoms with Crippen LogP contribution in [0, 0.1) is 5.92 Å². The molecule has 1 amide bonds. The van der Waals surface area contributed by atoms with Crippen LogP contribution in [0.2, 0.25) is 0 Å². The molecule has 0 radical (unpaired) electrons. The molecule has 0 heterocycles. The maximum absolute atomic E-state index is 11.9. The van der Waals surface area contributed by atoms with Crippen LogP contribution in [-0.4, -0.2) is 30.1 Å². The molecule has 19 heavy (non-hydrogen) atoms. The van der Waals surface area contributed by atoms with E-state index >= 15 is 0 Å². The first-order valence-corrected chi connectivity index (χ1v) is 6.07. The maximum atomic E-state index is 11.9. The molecule has 2 N–H and O–H groups in total. The highest BCUT2D eigenvalue weighted by Crippen LogP contribution is 2.08. The summed E-state index contributed by atoms with van der Waals surface area (Å²) < 4.78 is 4.98. The SMILES string of the molecule is COCc1ccc(C(=O)NC(C)C(C)C(=O)O)cc1. The third-order valence-corrected chi connectivity index (χ3v) is 3.03. The van der Waals surface area contributed by atoms with E-state index in [1.54, 1.807) is 33.1 Å². The fourth-order valence-electron chi connectivity index (χ4n) is 1.55. The quantitative estimate of drug-likeness (QED) is 0.820. The van der Waals surface area contributed by atoms with Gasteiger partial charge < -0.3 is 15.2 Å². The summed E-state index contributed by atoms with van der Waals surface area (Å²) in [5.41, 5.74) is 1.48. The largest absolute Gasteiger partial charge is 0.481 e. The van der Waals surface area contributed by atoms with Crippen molar-refractivity contribution in [2.45, 2.75) is 26.5 Å². The van der Waals surface area contributed by atoms with Crippen molar-refractivity contribution in [1.82, 2.24) is 5.32 Å². The predicted molar refractivity (Wildman–Crippen MR) is 70.9 cm³/mol. The van der Waals surface area contributed by atoms with Crippen molar-refractivity contribution in [2.75, 3.05) is 7.11 Å². The monoisotopic (exact) mass is 265 g/mol. The maximum Gasteiger partial charge on any atom is 0.308 e. The fourth-order valence-corrected chi connectivity index (χ4v) is 1.55. The molecule has 0 fully saturated rings. The van der Waals surface area contributed by atoms with Gasteiger partial charge >= 0.3 is 5.97 Å². The summed E-state index contributed by atoms with van der Waals surface area (Å²) in [6.45, 7) is 3.74. The summed E-state index contributed by atoms with van der Waals surface area (Å²) in [6, 6.07) is 6.58. The zero-order valence-electron chi connectivity index (χ0n) is 11.3. The van der Waals surface area contributed by atoms with Gasteiger partial charge in [-0.1, -0.05) is 12.1 Å². The summed E-state index contributed by atoms with van der Waals surface area (Å²) in [7, 11) is 1.61. The van der Waals surface area contributed by atoms with Gasteiger partial charge in [-0.15, -0.1) is 0 Å². The van der Waals surface area contributed by atoms with Gasteiger partial charge in [0.1, 0.15) is 0 Å². The molecule has 2 atom stereocenters. The minimum atomic E-state index is -0.928. The number of carbonyl (C=O) groups excluding carboxylic acids is 1.